The zero-order valence-electron chi connectivity index (χ0n) is 9.65. The van der Waals surface area contributed by atoms with E-state index in [1.807, 2.05) is 0 Å². The molecule has 0 bridgehead atoms. The predicted molar refractivity (Wildman–Crippen MR) is 70.9 cm³/mol. The number of H-pyrrole nitrogens is 1. The summed E-state index contributed by atoms with van der Waals surface area (Å²) >= 11 is 5.91. The van der Waals surface area contributed by atoms with E-state index in [4.69, 9.17) is 11.6 Å². The Balaban J connectivity index is 2.20. The van der Waals surface area contributed by atoms with Crippen LogP contribution in [-0.2, 0) is 0 Å². The van der Waals surface area contributed by atoms with Crippen molar-refractivity contribution in [2.24, 2.45) is 0 Å². The fourth-order valence-corrected chi connectivity index (χ4v) is 2.25. The Kier molecular flexibility index (Phi) is 2.80. The number of nitrogens with one attached hydrogen (secondary N) is 1. The van der Waals surface area contributed by atoms with Crippen molar-refractivity contribution in [3.05, 3.63) is 64.8 Å². The number of nitrogens with zero attached hydrogens (tertiary/aromatic N) is 1. The van der Waals surface area contributed by atoms with Gasteiger partial charge in [-0.3, -0.25) is 9.78 Å². The molecule has 2 heterocycles. The number of halogens is 2. The number of carbonyl (C=O) groups is 1. The van der Waals surface area contributed by atoms with Gasteiger partial charge in [-0.15, -0.1) is 0 Å². The normalized spacial score (nSPS) is 10.8. The average molecular weight is 275 g/mol. The van der Waals surface area contributed by atoms with Crippen LogP contribution in [0.2, 0.25) is 5.02 Å². The lowest BCUT2D eigenvalue weighted by atomic mass is 10.0. The van der Waals surface area contributed by atoms with Gasteiger partial charge in [0.15, 0.2) is 5.78 Å². The maximum Gasteiger partial charge on any atom is 0.199 e. The third-order valence-electron chi connectivity index (χ3n) is 2.92. The number of hydrogen-bond acceptors (Lipinski definition) is 2. The second kappa shape index (κ2) is 4.48. The highest BCUT2D eigenvalue weighted by Crippen LogP contribution is 2.25. The van der Waals surface area contributed by atoms with Crippen molar-refractivity contribution < 1.29 is 9.18 Å². The van der Waals surface area contributed by atoms with Crippen LogP contribution in [0.25, 0.3) is 10.9 Å². The molecule has 1 aromatic carbocycles. The summed E-state index contributed by atoms with van der Waals surface area (Å²) in [4.78, 5) is 19.3. The molecule has 0 radical (unpaired) electrons. The molecule has 3 aromatic rings. The maximum absolute atomic E-state index is 13.8. The van der Waals surface area contributed by atoms with Gasteiger partial charge in [0.1, 0.15) is 5.82 Å². The highest BCUT2D eigenvalue weighted by molar-refractivity contribution is 6.35. The molecule has 0 atom stereocenters. The first kappa shape index (κ1) is 11.9. The van der Waals surface area contributed by atoms with Gasteiger partial charge >= 0.3 is 0 Å². The Morgan fingerprint density at radius 2 is 2.16 bits per heavy atom. The molecule has 0 fully saturated rings. The van der Waals surface area contributed by atoms with Gasteiger partial charge in [0.25, 0.3) is 0 Å². The van der Waals surface area contributed by atoms with Gasteiger partial charge in [0.2, 0.25) is 0 Å². The smallest absolute Gasteiger partial charge is 0.199 e. The van der Waals surface area contributed by atoms with Crippen molar-refractivity contribution in [2.75, 3.05) is 0 Å². The molecule has 2 aromatic heterocycles. The Labute approximate surface area is 113 Å². The highest BCUT2D eigenvalue weighted by atomic mass is 35.5. The first-order valence-electron chi connectivity index (χ1n) is 5.58. The number of carbonyl (C=O) groups excluding carboxylic acids is 1. The summed E-state index contributed by atoms with van der Waals surface area (Å²) in [6.07, 6.45) is 4.72. The molecule has 0 amide bonds. The van der Waals surface area contributed by atoms with E-state index in [1.54, 1.807) is 18.5 Å². The molecule has 94 valence electrons. The molecule has 0 saturated carbocycles. The quantitative estimate of drug-likeness (QED) is 0.726. The largest absolute Gasteiger partial charge is 0.360 e. The van der Waals surface area contributed by atoms with E-state index >= 15 is 0 Å². The average Bonchev–Trinajstić information content (AvgIpc) is 2.82. The van der Waals surface area contributed by atoms with Crippen molar-refractivity contribution in [1.82, 2.24) is 9.97 Å². The number of rotatable bonds is 2. The molecule has 0 unspecified atom stereocenters. The third kappa shape index (κ3) is 1.90. The van der Waals surface area contributed by atoms with Gasteiger partial charge in [-0.25, -0.2) is 4.39 Å². The Morgan fingerprint density at radius 1 is 1.32 bits per heavy atom. The van der Waals surface area contributed by atoms with Crippen LogP contribution >= 0.6 is 11.6 Å². The molecular weight excluding hydrogens is 267 g/mol. The fraction of sp³-hybridized carbons (Fsp3) is 0. The second-order valence-corrected chi connectivity index (χ2v) is 4.46. The van der Waals surface area contributed by atoms with E-state index < -0.39 is 11.6 Å². The number of aromatic nitrogens is 2. The van der Waals surface area contributed by atoms with Crippen molar-refractivity contribution in [1.29, 1.82) is 0 Å². The fourth-order valence-electron chi connectivity index (χ4n) is 2.00. The summed E-state index contributed by atoms with van der Waals surface area (Å²) in [6, 6.07) is 5.91. The molecule has 1 N–H and O–H groups in total. The lowest BCUT2D eigenvalue weighted by Gasteiger charge is -2.03. The van der Waals surface area contributed by atoms with Gasteiger partial charge in [0.05, 0.1) is 10.6 Å². The summed E-state index contributed by atoms with van der Waals surface area (Å²) in [5.41, 5.74) is 1.01. The minimum atomic E-state index is -0.629. The number of ketones is 1. The van der Waals surface area contributed by atoms with Crippen molar-refractivity contribution in [3.8, 4) is 0 Å². The molecule has 0 spiro atoms. The molecule has 0 aliphatic heterocycles. The Bertz CT molecular complexity index is 762. The number of hydrogen-bond donors (Lipinski definition) is 1. The Morgan fingerprint density at radius 3 is 2.95 bits per heavy atom. The number of fused-ring (bicyclic) bond motifs is 1. The minimum Gasteiger partial charge on any atom is -0.360 e. The standard InChI is InChI=1S/C14H8ClFN2O/c15-10-2-1-3-11(16)13(10)14(19)9-7-18-12-4-5-17-6-8(9)12/h1-7,18H. The SMILES string of the molecule is O=C(c1c(F)cccc1Cl)c1c[nH]c2ccncc12. The van der Waals surface area contributed by atoms with Crippen LogP contribution < -0.4 is 0 Å². The van der Waals surface area contributed by atoms with Crippen LogP contribution in [0.4, 0.5) is 4.39 Å². The van der Waals surface area contributed by atoms with Crippen LogP contribution in [0.1, 0.15) is 15.9 Å². The topological polar surface area (TPSA) is 45.8 Å². The Hall–Kier alpha value is -2.20. The number of benzene rings is 1. The van der Waals surface area contributed by atoms with Gasteiger partial charge in [-0.05, 0) is 18.2 Å². The first-order valence-corrected chi connectivity index (χ1v) is 5.96. The van der Waals surface area contributed by atoms with Crippen LogP contribution in [0.3, 0.4) is 0 Å². The summed E-state index contributed by atoms with van der Waals surface area (Å²) in [5.74, 6) is -1.09. The molecule has 0 aliphatic carbocycles. The predicted octanol–water partition coefficient (Wildman–Crippen LogP) is 3.59. The van der Waals surface area contributed by atoms with E-state index in [-0.39, 0.29) is 10.6 Å². The summed E-state index contributed by atoms with van der Waals surface area (Å²) in [6.45, 7) is 0. The maximum atomic E-state index is 13.8. The minimum absolute atomic E-state index is 0.100. The van der Waals surface area contributed by atoms with Gasteiger partial charge in [0, 0.05) is 35.1 Å². The van der Waals surface area contributed by atoms with E-state index in [2.05, 4.69) is 9.97 Å². The lowest BCUT2D eigenvalue weighted by Crippen LogP contribution is -2.04. The molecular formula is C14H8ClFN2O. The van der Waals surface area contributed by atoms with Gasteiger partial charge in [-0.1, -0.05) is 17.7 Å². The number of pyridine rings is 1. The molecule has 0 aliphatic rings. The lowest BCUT2D eigenvalue weighted by molar-refractivity contribution is 0.103. The first-order chi connectivity index (χ1) is 9.18. The van der Waals surface area contributed by atoms with E-state index in [0.717, 1.165) is 5.52 Å². The molecule has 0 saturated heterocycles. The molecule has 19 heavy (non-hydrogen) atoms. The molecule has 3 nitrogen and oxygen atoms in total. The zero-order chi connectivity index (χ0) is 13.4. The van der Waals surface area contributed by atoms with E-state index in [1.165, 1.54) is 24.4 Å². The zero-order valence-corrected chi connectivity index (χ0v) is 10.4. The van der Waals surface area contributed by atoms with Crippen molar-refractivity contribution in [3.63, 3.8) is 0 Å². The van der Waals surface area contributed by atoms with Crippen LogP contribution in [-0.4, -0.2) is 15.8 Å². The summed E-state index contributed by atoms with van der Waals surface area (Å²) in [7, 11) is 0. The molecule has 5 heteroatoms. The van der Waals surface area contributed by atoms with Crippen LogP contribution in [0.5, 0.6) is 0 Å². The van der Waals surface area contributed by atoms with Crippen LogP contribution in [0.15, 0.2) is 42.9 Å². The van der Waals surface area contributed by atoms with Gasteiger partial charge in [-0.2, -0.15) is 0 Å². The van der Waals surface area contributed by atoms with Crippen molar-refractivity contribution >= 4 is 28.3 Å². The van der Waals surface area contributed by atoms with E-state index in [0.29, 0.717) is 10.9 Å². The summed E-state index contributed by atoms with van der Waals surface area (Å²) < 4.78 is 13.8. The van der Waals surface area contributed by atoms with Gasteiger partial charge < -0.3 is 4.98 Å². The van der Waals surface area contributed by atoms with E-state index in [9.17, 15) is 9.18 Å². The molecule has 3 rings (SSSR count). The third-order valence-corrected chi connectivity index (χ3v) is 3.23. The van der Waals surface area contributed by atoms with Crippen LogP contribution in [0, 0.1) is 5.82 Å². The highest BCUT2D eigenvalue weighted by Gasteiger charge is 2.20. The number of aromatic amines is 1. The summed E-state index contributed by atoms with van der Waals surface area (Å²) in [5, 5.41) is 0.745. The second-order valence-electron chi connectivity index (χ2n) is 4.05. The van der Waals surface area contributed by atoms with Crippen molar-refractivity contribution in [2.45, 2.75) is 0 Å². The monoisotopic (exact) mass is 274 g/mol.